The van der Waals surface area contributed by atoms with Gasteiger partial charge in [-0.25, -0.2) is 0 Å². The standard InChI is InChI=1S/C25H22N6O2S/c1-33-22-10-8-21(9-11-22)31-24(19-12-15-27-16-13-19)28-29-25(31)34-18-23(32)30(17-5-14-26)20-6-3-2-4-7-20/h2-4,6-13,15-16H,5,17-18H2,1H3. The number of aromatic nitrogens is 4. The van der Waals surface area contributed by atoms with Gasteiger partial charge in [0.05, 0.1) is 25.4 Å². The van der Waals surface area contributed by atoms with Crippen molar-refractivity contribution in [3.05, 3.63) is 79.1 Å². The van der Waals surface area contributed by atoms with Gasteiger partial charge in [0.1, 0.15) is 5.75 Å². The summed E-state index contributed by atoms with van der Waals surface area (Å²) in [7, 11) is 1.62. The Labute approximate surface area is 201 Å². The third-order valence-electron chi connectivity index (χ3n) is 5.04. The molecule has 0 aliphatic carbocycles. The molecular weight excluding hydrogens is 448 g/mol. The van der Waals surface area contributed by atoms with Crippen LogP contribution in [-0.4, -0.2) is 45.1 Å². The molecule has 4 rings (SSSR count). The monoisotopic (exact) mass is 470 g/mol. The van der Waals surface area contributed by atoms with Crippen LogP contribution < -0.4 is 9.64 Å². The molecule has 0 radical (unpaired) electrons. The second-order valence-corrected chi connectivity index (χ2v) is 8.10. The molecule has 2 aromatic carbocycles. The Morgan fingerprint density at radius 1 is 1.06 bits per heavy atom. The average molecular weight is 471 g/mol. The Hall–Kier alpha value is -4.16. The van der Waals surface area contributed by atoms with Crippen LogP contribution in [0.4, 0.5) is 5.69 Å². The van der Waals surface area contributed by atoms with Crippen LogP contribution in [0, 0.1) is 11.3 Å². The van der Waals surface area contributed by atoms with Gasteiger partial charge in [0.15, 0.2) is 11.0 Å². The van der Waals surface area contributed by atoms with Gasteiger partial charge in [-0.3, -0.25) is 14.3 Å². The van der Waals surface area contributed by atoms with E-state index < -0.39 is 0 Å². The van der Waals surface area contributed by atoms with Crippen LogP contribution in [0.25, 0.3) is 17.1 Å². The van der Waals surface area contributed by atoms with E-state index in [0.29, 0.717) is 17.5 Å². The number of hydrogen-bond acceptors (Lipinski definition) is 7. The number of hydrogen-bond donors (Lipinski definition) is 0. The number of carbonyl (C=O) groups excluding carboxylic acids is 1. The van der Waals surface area contributed by atoms with Crippen LogP contribution >= 0.6 is 11.8 Å². The molecule has 0 unspecified atom stereocenters. The van der Waals surface area contributed by atoms with Crippen LogP contribution in [0.3, 0.4) is 0 Å². The van der Waals surface area contributed by atoms with Gasteiger partial charge in [-0.05, 0) is 48.5 Å². The normalized spacial score (nSPS) is 10.5. The van der Waals surface area contributed by atoms with Gasteiger partial charge < -0.3 is 9.64 Å². The zero-order chi connectivity index (χ0) is 23.8. The second kappa shape index (κ2) is 11.1. The summed E-state index contributed by atoms with van der Waals surface area (Å²) in [5, 5.41) is 18.4. The van der Waals surface area contributed by atoms with Crippen molar-refractivity contribution in [1.82, 2.24) is 19.7 Å². The minimum absolute atomic E-state index is 0.110. The minimum Gasteiger partial charge on any atom is -0.497 e. The first kappa shape index (κ1) is 23.0. The molecule has 0 aliphatic heterocycles. The predicted octanol–water partition coefficient (Wildman–Crippen LogP) is 4.38. The molecule has 170 valence electrons. The van der Waals surface area contributed by atoms with Crippen molar-refractivity contribution in [2.75, 3.05) is 24.3 Å². The Balaban J connectivity index is 1.63. The Morgan fingerprint density at radius 3 is 2.47 bits per heavy atom. The van der Waals surface area contributed by atoms with Gasteiger partial charge in [-0.1, -0.05) is 30.0 Å². The highest BCUT2D eigenvalue weighted by Gasteiger charge is 2.20. The molecule has 8 nitrogen and oxygen atoms in total. The van der Waals surface area contributed by atoms with E-state index in [0.717, 1.165) is 22.7 Å². The van der Waals surface area contributed by atoms with Crippen molar-refractivity contribution < 1.29 is 9.53 Å². The van der Waals surface area contributed by atoms with Gasteiger partial charge in [0.25, 0.3) is 0 Å². The maximum absolute atomic E-state index is 13.1. The summed E-state index contributed by atoms with van der Waals surface area (Å²) in [4.78, 5) is 18.9. The average Bonchev–Trinajstić information content (AvgIpc) is 3.33. The number of thioether (sulfide) groups is 1. The summed E-state index contributed by atoms with van der Waals surface area (Å²) in [5.41, 5.74) is 2.46. The number of carbonyl (C=O) groups is 1. The molecule has 4 aromatic rings. The number of amides is 1. The SMILES string of the molecule is COc1ccc(-n2c(SCC(=O)N(CCC#N)c3ccccc3)nnc2-c2ccncc2)cc1. The third kappa shape index (κ3) is 5.24. The van der Waals surface area contributed by atoms with Crippen LogP contribution in [-0.2, 0) is 4.79 Å². The fourth-order valence-electron chi connectivity index (χ4n) is 3.39. The van der Waals surface area contributed by atoms with Crippen LogP contribution in [0.2, 0.25) is 0 Å². The van der Waals surface area contributed by atoms with E-state index in [1.807, 2.05) is 71.3 Å². The molecule has 0 aliphatic rings. The largest absolute Gasteiger partial charge is 0.497 e. The Bertz CT molecular complexity index is 1270. The number of ether oxygens (including phenoxy) is 1. The van der Waals surface area contributed by atoms with Gasteiger partial charge in [0.2, 0.25) is 5.91 Å². The molecular formula is C25H22N6O2S. The van der Waals surface area contributed by atoms with Gasteiger partial charge in [-0.15, -0.1) is 10.2 Å². The summed E-state index contributed by atoms with van der Waals surface area (Å²) in [6, 6.07) is 22.8. The minimum atomic E-state index is -0.110. The first-order valence-corrected chi connectivity index (χ1v) is 11.5. The van der Waals surface area contributed by atoms with E-state index in [2.05, 4.69) is 21.3 Å². The molecule has 0 bridgehead atoms. The maximum atomic E-state index is 13.1. The van der Waals surface area contributed by atoms with Crippen molar-refractivity contribution >= 4 is 23.4 Å². The van der Waals surface area contributed by atoms with Crippen LogP contribution in [0.5, 0.6) is 5.75 Å². The highest BCUT2D eigenvalue weighted by molar-refractivity contribution is 7.99. The van der Waals surface area contributed by atoms with Crippen LogP contribution in [0.15, 0.2) is 84.3 Å². The van der Waals surface area contributed by atoms with Crippen LogP contribution in [0.1, 0.15) is 6.42 Å². The summed E-state index contributed by atoms with van der Waals surface area (Å²) < 4.78 is 7.20. The zero-order valence-electron chi connectivity index (χ0n) is 18.5. The first-order chi connectivity index (χ1) is 16.7. The lowest BCUT2D eigenvalue weighted by Crippen LogP contribution is -2.33. The fraction of sp³-hybridized carbons (Fsp3) is 0.160. The molecule has 1 amide bonds. The molecule has 0 atom stereocenters. The van der Waals surface area contributed by atoms with Gasteiger partial charge in [0, 0.05) is 35.9 Å². The molecule has 34 heavy (non-hydrogen) atoms. The van der Waals surface area contributed by atoms with E-state index in [1.165, 1.54) is 11.8 Å². The molecule has 2 heterocycles. The van der Waals surface area contributed by atoms with E-state index in [9.17, 15) is 4.79 Å². The number of benzene rings is 2. The quantitative estimate of drug-likeness (QED) is 0.335. The topological polar surface area (TPSA) is 96.9 Å². The number of pyridine rings is 1. The number of nitriles is 1. The summed E-state index contributed by atoms with van der Waals surface area (Å²) >= 11 is 1.30. The number of nitrogens with zero attached hydrogens (tertiary/aromatic N) is 6. The molecule has 0 fully saturated rings. The van der Waals surface area contributed by atoms with Crippen molar-refractivity contribution in [1.29, 1.82) is 5.26 Å². The van der Waals surface area contributed by atoms with Gasteiger partial charge in [-0.2, -0.15) is 5.26 Å². The highest BCUT2D eigenvalue weighted by atomic mass is 32.2. The van der Waals surface area contributed by atoms with Crippen molar-refractivity contribution in [2.24, 2.45) is 0 Å². The molecule has 9 heteroatoms. The summed E-state index contributed by atoms with van der Waals surface area (Å²) in [6.45, 7) is 0.327. The van der Waals surface area contributed by atoms with E-state index in [1.54, 1.807) is 24.4 Å². The third-order valence-corrected chi connectivity index (χ3v) is 5.96. The lowest BCUT2D eigenvalue weighted by atomic mass is 10.2. The number of methoxy groups -OCH3 is 1. The summed E-state index contributed by atoms with van der Waals surface area (Å²) in [5.74, 6) is 1.42. The van der Waals surface area contributed by atoms with Gasteiger partial charge >= 0.3 is 0 Å². The first-order valence-electron chi connectivity index (χ1n) is 10.6. The van der Waals surface area contributed by atoms with E-state index in [4.69, 9.17) is 10.00 Å². The molecule has 0 saturated carbocycles. The Morgan fingerprint density at radius 2 is 1.79 bits per heavy atom. The van der Waals surface area contributed by atoms with E-state index in [-0.39, 0.29) is 18.1 Å². The maximum Gasteiger partial charge on any atom is 0.237 e. The van der Waals surface area contributed by atoms with Crippen molar-refractivity contribution in [2.45, 2.75) is 11.6 Å². The van der Waals surface area contributed by atoms with E-state index >= 15 is 0 Å². The molecule has 0 spiro atoms. The lowest BCUT2D eigenvalue weighted by Gasteiger charge is -2.21. The van der Waals surface area contributed by atoms with Crippen molar-refractivity contribution in [3.63, 3.8) is 0 Å². The molecule has 0 saturated heterocycles. The predicted molar refractivity (Wildman–Crippen MR) is 131 cm³/mol. The molecule has 0 N–H and O–H groups in total. The Kier molecular flexibility index (Phi) is 7.53. The van der Waals surface area contributed by atoms with Crippen molar-refractivity contribution in [3.8, 4) is 28.9 Å². The second-order valence-electron chi connectivity index (χ2n) is 7.15. The molecule has 2 aromatic heterocycles. The highest BCUT2D eigenvalue weighted by Crippen LogP contribution is 2.29. The number of rotatable bonds is 9. The zero-order valence-corrected chi connectivity index (χ0v) is 19.4. The number of para-hydroxylation sites is 1. The summed E-state index contributed by atoms with van der Waals surface area (Å²) in [6.07, 6.45) is 3.65. The fourth-order valence-corrected chi connectivity index (χ4v) is 4.22. The smallest absolute Gasteiger partial charge is 0.237 e. The number of anilines is 1. The lowest BCUT2D eigenvalue weighted by molar-refractivity contribution is -0.116.